The third kappa shape index (κ3) is 3.62. The summed E-state index contributed by atoms with van der Waals surface area (Å²) in [6, 6.07) is -0.562. The van der Waals surface area contributed by atoms with Gasteiger partial charge in [-0.1, -0.05) is 6.92 Å². The molecule has 0 aliphatic carbocycles. The molecule has 1 unspecified atom stereocenters. The second-order valence-electron chi connectivity index (χ2n) is 3.88. The largest absolute Gasteiger partial charge is 0.336 e. The lowest BCUT2D eigenvalue weighted by Gasteiger charge is -2.18. The first-order valence-corrected chi connectivity index (χ1v) is 5.11. The van der Waals surface area contributed by atoms with Gasteiger partial charge in [-0.25, -0.2) is 13.6 Å². The number of likely N-dealkylation sites (tertiary alicyclic amines) is 1. The molecule has 1 aliphatic heterocycles. The van der Waals surface area contributed by atoms with Crippen molar-refractivity contribution in [2.24, 2.45) is 5.73 Å². The average Bonchev–Trinajstić information content (AvgIpc) is 2.54. The summed E-state index contributed by atoms with van der Waals surface area (Å²) < 4.78 is 25.5. The number of rotatable bonds is 3. The highest BCUT2D eigenvalue weighted by atomic mass is 19.3. The van der Waals surface area contributed by atoms with E-state index in [9.17, 15) is 13.6 Å². The fourth-order valence-corrected chi connectivity index (χ4v) is 1.38. The summed E-state index contributed by atoms with van der Waals surface area (Å²) in [6.07, 6.45) is 0.497. The molecule has 1 fully saturated rings. The number of halogens is 2. The number of hydrogen-bond acceptors (Lipinski definition) is 2. The van der Waals surface area contributed by atoms with Gasteiger partial charge < -0.3 is 16.0 Å². The minimum Gasteiger partial charge on any atom is -0.336 e. The second kappa shape index (κ2) is 4.74. The van der Waals surface area contributed by atoms with Gasteiger partial charge in [0.25, 0.3) is 5.92 Å². The highest BCUT2D eigenvalue weighted by Gasteiger charge is 2.40. The summed E-state index contributed by atoms with van der Waals surface area (Å²) in [7, 11) is 0. The van der Waals surface area contributed by atoms with Crippen LogP contribution in [0.25, 0.3) is 0 Å². The Bertz CT molecular complexity index is 235. The van der Waals surface area contributed by atoms with Gasteiger partial charge in [-0.15, -0.1) is 0 Å². The zero-order valence-electron chi connectivity index (χ0n) is 8.80. The molecule has 1 rings (SSSR count). The molecule has 6 heteroatoms. The summed E-state index contributed by atoms with van der Waals surface area (Å²) in [5.74, 6) is -2.73. The van der Waals surface area contributed by atoms with Crippen molar-refractivity contribution in [1.82, 2.24) is 10.2 Å². The monoisotopic (exact) mass is 221 g/mol. The van der Waals surface area contributed by atoms with Crippen molar-refractivity contribution in [3.8, 4) is 0 Å². The van der Waals surface area contributed by atoms with Crippen LogP contribution in [-0.2, 0) is 0 Å². The summed E-state index contributed by atoms with van der Waals surface area (Å²) in [5.41, 5.74) is 5.59. The fraction of sp³-hybridized carbons (Fsp3) is 0.889. The first-order chi connectivity index (χ1) is 6.94. The lowest BCUT2D eigenvalue weighted by Crippen LogP contribution is -2.44. The molecule has 1 aliphatic rings. The third-order valence-corrected chi connectivity index (χ3v) is 2.50. The van der Waals surface area contributed by atoms with Gasteiger partial charge in [0.1, 0.15) is 0 Å². The fourth-order valence-electron chi connectivity index (χ4n) is 1.38. The minimum absolute atomic E-state index is 0.111. The maximum Gasteiger partial charge on any atom is 0.317 e. The van der Waals surface area contributed by atoms with Gasteiger partial charge in [0.15, 0.2) is 0 Å². The third-order valence-electron chi connectivity index (χ3n) is 2.50. The molecule has 0 radical (unpaired) electrons. The van der Waals surface area contributed by atoms with Crippen LogP contribution in [0.4, 0.5) is 13.6 Å². The normalized spacial score (nSPS) is 21.5. The Labute approximate surface area is 87.8 Å². The van der Waals surface area contributed by atoms with E-state index in [2.05, 4.69) is 5.32 Å². The molecule has 3 N–H and O–H groups in total. The standard InChI is InChI=1S/C9H17F2N3O/c1-2-7(12)5-13-8(15)14-4-3-9(10,11)6-14/h7H,2-6,12H2,1H3,(H,13,15). The van der Waals surface area contributed by atoms with E-state index in [4.69, 9.17) is 5.73 Å². The number of carbonyl (C=O) groups is 1. The smallest absolute Gasteiger partial charge is 0.317 e. The Balaban J connectivity index is 2.30. The average molecular weight is 221 g/mol. The number of amides is 2. The first-order valence-electron chi connectivity index (χ1n) is 5.11. The number of hydrogen-bond donors (Lipinski definition) is 2. The first kappa shape index (κ1) is 12.2. The topological polar surface area (TPSA) is 58.4 Å². The number of carbonyl (C=O) groups excluding carboxylic acids is 1. The van der Waals surface area contributed by atoms with Gasteiger partial charge in [-0.2, -0.15) is 0 Å². The van der Waals surface area contributed by atoms with E-state index in [0.717, 1.165) is 11.3 Å². The molecule has 0 saturated carbocycles. The molecular formula is C9H17F2N3O. The maximum atomic E-state index is 12.8. The van der Waals surface area contributed by atoms with E-state index >= 15 is 0 Å². The van der Waals surface area contributed by atoms with Crippen molar-refractivity contribution in [1.29, 1.82) is 0 Å². The number of alkyl halides is 2. The predicted molar refractivity (Wildman–Crippen MR) is 52.8 cm³/mol. The van der Waals surface area contributed by atoms with Gasteiger partial charge in [0.2, 0.25) is 0 Å². The quantitative estimate of drug-likeness (QED) is 0.739. The Morgan fingerprint density at radius 1 is 1.67 bits per heavy atom. The van der Waals surface area contributed by atoms with Gasteiger partial charge in [-0.3, -0.25) is 0 Å². The van der Waals surface area contributed by atoms with Crippen LogP contribution >= 0.6 is 0 Å². The lowest BCUT2D eigenvalue weighted by molar-refractivity contribution is 0.0154. The Morgan fingerprint density at radius 2 is 2.33 bits per heavy atom. The van der Waals surface area contributed by atoms with E-state index < -0.39 is 18.5 Å². The van der Waals surface area contributed by atoms with Crippen LogP contribution in [0.15, 0.2) is 0 Å². The van der Waals surface area contributed by atoms with Crippen molar-refractivity contribution in [2.75, 3.05) is 19.6 Å². The molecule has 0 aromatic heterocycles. The lowest BCUT2D eigenvalue weighted by atomic mass is 10.2. The van der Waals surface area contributed by atoms with Crippen LogP contribution in [0.3, 0.4) is 0 Å². The van der Waals surface area contributed by atoms with Crippen molar-refractivity contribution in [2.45, 2.75) is 31.7 Å². The summed E-state index contributed by atoms with van der Waals surface area (Å²) in [4.78, 5) is 12.5. The number of nitrogens with one attached hydrogen (secondary N) is 1. The molecular weight excluding hydrogens is 204 g/mol. The molecule has 4 nitrogen and oxygen atoms in total. The number of nitrogens with zero attached hydrogens (tertiary/aromatic N) is 1. The molecule has 2 amide bonds. The second-order valence-corrected chi connectivity index (χ2v) is 3.88. The number of urea groups is 1. The van der Waals surface area contributed by atoms with E-state index in [1.54, 1.807) is 0 Å². The molecule has 88 valence electrons. The molecule has 0 spiro atoms. The van der Waals surface area contributed by atoms with Crippen LogP contribution in [0.1, 0.15) is 19.8 Å². The molecule has 0 aromatic rings. The van der Waals surface area contributed by atoms with E-state index in [1.165, 1.54) is 0 Å². The highest BCUT2D eigenvalue weighted by molar-refractivity contribution is 5.74. The van der Waals surface area contributed by atoms with Gasteiger partial charge >= 0.3 is 6.03 Å². The van der Waals surface area contributed by atoms with Crippen LogP contribution in [0.2, 0.25) is 0 Å². The van der Waals surface area contributed by atoms with Crippen LogP contribution < -0.4 is 11.1 Å². The van der Waals surface area contributed by atoms with E-state index in [0.29, 0.717) is 6.54 Å². The summed E-state index contributed by atoms with van der Waals surface area (Å²) >= 11 is 0. The zero-order valence-corrected chi connectivity index (χ0v) is 8.80. The minimum atomic E-state index is -2.73. The summed E-state index contributed by atoms with van der Waals surface area (Å²) in [6.45, 7) is 1.86. The Morgan fingerprint density at radius 3 is 2.80 bits per heavy atom. The molecule has 15 heavy (non-hydrogen) atoms. The van der Waals surface area contributed by atoms with Crippen molar-refractivity contribution in [3.63, 3.8) is 0 Å². The van der Waals surface area contributed by atoms with Gasteiger partial charge in [0.05, 0.1) is 6.54 Å². The van der Waals surface area contributed by atoms with Crippen LogP contribution in [0, 0.1) is 0 Å². The van der Waals surface area contributed by atoms with Gasteiger partial charge in [0, 0.05) is 25.6 Å². The van der Waals surface area contributed by atoms with Crippen LogP contribution in [0.5, 0.6) is 0 Å². The molecule has 0 aromatic carbocycles. The molecule has 1 saturated heterocycles. The Kier molecular flexibility index (Phi) is 3.84. The molecule has 1 atom stereocenters. The highest BCUT2D eigenvalue weighted by Crippen LogP contribution is 2.26. The van der Waals surface area contributed by atoms with E-state index in [1.807, 2.05) is 6.92 Å². The SMILES string of the molecule is CCC(N)CNC(=O)N1CCC(F)(F)C1. The Hall–Kier alpha value is -0.910. The summed E-state index contributed by atoms with van der Waals surface area (Å²) in [5, 5.41) is 2.54. The molecule has 1 heterocycles. The van der Waals surface area contributed by atoms with Crippen molar-refractivity contribution < 1.29 is 13.6 Å². The molecule has 0 bridgehead atoms. The number of nitrogens with two attached hydrogens (primary N) is 1. The maximum absolute atomic E-state index is 12.8. The van der Waals surface area contributed by atoms with Crippen molar-refractivity contribution >= 4 is 6.03 Å². The van der Waals surface area contributed by atoms with Gasteiger partial charge in [-0.05, 0) is 6.42 Å². The van der Waals surface area contributed by atoms with Crippen LogP contribution in [-0.4, -0.2) is 42.5 Å². The predicted octanol–water partition coefficient (Wildman–Crippen LogP) is 0.774. The van der Waals surface area contributed by atoms with Crippen molar-refractivity contribution in [3.05, 3.63) is 0 Å². The van der Waals surface area contributed by atoms with E-state index in [-0.39, 0.29) is 19.0 Å². The zero-order chi connectivity index (χ0) is 11.5.